The molecule has 1 atom stereocenters. The second-order valence-electron chi connectivity index (χ2n) is 7.30. The van der Waals surface area contributed by atoms with Crippen LogP contribution in [0.5, 0.6) is 0 Å². The summed E-state index contributed by atoms with van der Waals surface area (Å²) < 4.78 is 28.1. The summed E-state index contributed by atoms with van der Waals surface area (Å²) in [6, 6.07) is 6.19. The molecule has 28 heavy (non-hydrogen) atoms. The summed E-state index contributed by atoms with van der Waals surface area (Å²) in [5.74, 6) is 1.36. The first-order valence-electron chi connectivity index (χ1n) is 9.44. The van der Waals surface area contributed by atoms with Crippen LogP contribution in [0, 0.1) is 0 Å². The lowest BCUT2D eigenvalue weighted by Crippen LogP contribution is -2.33. The number of nitrogens with zero attached hydrogens (tertiary/aromatic N) is 4. The van der Waals surface area contributed by atoms with Crippen LogP contribution in [0.2, 0.25) is 5.02 Å². The predicted octanol–water partition coefficient (Wildman–Crippen LogP) is 2.69. The third-order valence-electron chi connectivity index (χ3n) is 5.43. The summed E-state index contributed by atoms with van der Waals surface area (Å²) in [4.78, 5) is 11.9. The van der Waals surface area contributed by atoms with Gasteiger partial charge in [-0.1, -0.05) is 23.7 Å². The zero-order chi connectivity index (χ0) is 19.9. The van der Waals surface area contributed by atoms with Crippen LogP contribution in [0.1, 0.15) is 36.0 Å². The molecule has 1 aromatic carbocycles. The van der Waals surface area contributed by atoms with E-state index in [0.29, 0.717) is 18.8 Å². The molecule has 7 nitrogen and oxygen atoms in total. The summed E-state index contributed by atoms with van der Waals surface area (Å²) in [6.45, 7) is 2.16. The molecule has 9 heteroatoms. The fourth-order valence-corrected chi connectivity index (χ4v) is 6.14. The van der Waals surface area contributed by atoms with Gasteiger partial charge in [0.05, 0.1) is 16.8 Å². The maximum atomic E-state index is 13.3. The number of hydrogen-bond acceptors (Lipinski definition) is 6. The molecule has 1 unspecified atom stereocenters. The van der Waals surface area contributed by atoms with Gasteiger partial charge >= 0.3 is 0 Å². The third kappa shape index (κ3) is 3.39. The standard InChI is InChI=1S/C19H24ClN5O2S/c1-21-18-13-12-24(2)11-9-15(13)22-19(23-18)16-7-5-10-25(16)28(26,27)17-8-4-3-6-14(17)20/h3-4,6,8,16H,5,7,9-12H2,1-2H3,(H,21,22,23). The van der Waals surface area contributed by atoms with Crippen molar-refractivity contribution in [2.75, 3.05) is 32.5 Å². The summed E-state index contributed by atoms with van der Waals surface area (Å²) in [7, 11) is 0.192. The molecule has 3 heterocycles. The van der Waals surface area contributed by atoms with Crippen LogP contribution in [0.4, 0.5) is 5.82 Å². The smallest absolute Gasteiger partial charge is 0.245 e. The number of hydrogen-bond donors (Lipinski definition) is 1. The van der Waals surface area contributed by atoms with E-state index in [0.717, 1.165) is 43.0 Å². The Hall–Kier alpha value is -1.74. The van der Waals surface area contributed by atoms with Gasteiger partial charge in [-0.3, -0.25) is 0 Å². The summed E-state index contributed by atoms with van der Waals surface area (Å²) in [5.41, 5.74) is 2.10. The van der Waals surface area contributed by atoms with Crippen LogP contribution in [0.3, 0.4) is 0 Å². The minimum Gasteiger partial charge on any atom is -0.373 e. The van der Waals surface area contributed by atoms with Crippen molar-refractivity contribution in [3.63, 3.8) is 0 Å². The number of sulfonamides is 1. The zero-order valence-electron chi connectivity index (χ0n) is 16.0. The van der Waals surface area contributed by atoms with E-state index in [-0.39, 0.29) is 16.0 Å². The minimum absolute atomic E-state index is 0.136. The highest BCUT2D eigenvalue weighted by Gasteiger charge is 2.39. The highest BCUT2D eigenvalue weighted by molar-refractivity contribution is 7.89. The fraction of sp³-hybridized carbons (Fsp3) is 0.474. The van der Waals surface area contributed by atoms with Crippen molar-refractivity contribution in [1.29, 1.82) is 0 Å². The molecule has 4 rings (SSSR count). The van der Waals surface area contributed by atoms with Gasteiger partial charge in [-0.25, -0.2) is 18.4 Å². The number of fused-ring (bicyclic) bond motifs is 1. The molecule has 1 N–H and O–H groups in total. The third-order valence-corrected chi connectivity index (χ3v) is 7.84. The van der Waals surface area contributed by atoms with E-state index < -0.39 is 10.0 Å². The van der Waals surface area contributed by atoms with Gasteiger partial charge in [0.25, 0.3) is 0 Å². The highest BCUT2D eigenvalue weighted by Crippen LogP contribution is 2.38. The van der Waals surface area contributed by atoms with Gasteiger partial charge in [0, 0.05) is 38.7 Å². The Labute approximate surface area is 170 Å². The van der Waals surface area contributed by atoms with E-state index in [4.69, 9.17) is 21.6 Å². The van der Waals surface area contributed by atoms with Crippen LogP contribution < -0.4 is 5.32 Å². The normalized spacial score (nSPS) is 20.9. The molecule has 0 aliphatic carbocycles. The Morgan fingerprint density at radius 2 is 2.00 bits per heavy atom. The molecular weight excluding hydrogens is 398 g/mol. The van der Waals surface area contributed by atoms with Crippen molar-refractivity contribution in [2.24, 2.45) is 0 Å². The number of aromatic nitrogens is 2. The average Bonchev–Trinajstić information content (AvgIpc) is 3.18. The monoisotopic (exact) mass is 421 g/mol. The van der Waals surface area contributed by atoms with E-state index in [2.05, 4.69) is 17.3 Å². The number of rotatable bonds is 4. The van der Waals surface area contributed by atoms with Crippen LogP contribution >= 0.6 is 11.6 Å². The Kier molecular flexibility index (Phi) is 5.30. The van der Waals surface area contributed by atoms with Gasteiger partial charge in [-0.15, -0.1) is 0 Å². The van der Waals surface area contributed by atoms with Gasteiger partial charge in [0.2, 0.25) is 10.0 Å². The number of nitrogens with one attached hydrogen (secondary N) is 1. The average molecular weight is 422 g/mol. The Morgan fingerprint density at radius 1 is 1.21 bits per heavy atom. The number of anilines is 1. The molecule has 2 aliphatic heterocycles. The molecule has 0 spiro atoms. The summed E-state index contributed by atoms with van der Waals surface area (Å²) in [6.07, 6.45) is 2.30. The summed E-state index contributed by atoms with van der Waals surface area (Å²) in [5, 5.41) is 3.40. The molecule has 0 amide bonds. The van der Waals surface area contributed by atoms with Crippen molar-refractivity contribution in [3.05, 3.63) is 46.4 Å². The Balaban J connectivity index is 1.74. The van der Waals surface area contributed by atoms with Crippen LogP contribution in [0.15, 0.2) is 29.2 Å². The number of benzene rings is 1. The van der Waals surface area contributed by atoms with Gasteiger partial charge in [-0.2, -0.15) is 4.31 Å². The maximum absolute atomic E-state index is 13.3. The van der Waals surface area contributed by atoms with Crippen molar-refractivity contribution >= 4 is 27.4 Å². The SMILES string of the molecule is CNc1nc(C2CCCN2S(=O)(=O)c2ccccc2Cl)nc2c1CN(C)CC2. The van der Waals surface area contributed by atoms with Crippen LogP contribution in [-0.4, -0.2) is 54.8 Å². The molecule has 2 aromatic rings. The maximum Gasteiger partial charge on any atom is 0.245 e. The molecule has 0 saturated carbocycles. The van der Waals surface area contributed by atoms with E-state index >= 15 is 0 Å². The lowest BCUT2D eigenvalue weighted by atomic mass is 10.1. The van der Waals surface area contributed by atoms with Crippen LogP contribution in [-0.2, 0) is 23.0 Å². The van der Waals surface area contributed by atoms with E-state index in [1.807, 2.05) is 7.05 Å². The van der Waals surface area contributed by atoms with Crippen LogP contribution in [0.25, 0.3) is 0 Å². The van der Waals surface area contributed by atoms with Crippen molar-refractivity contribution in [2.45, 2.75) is 36.7 Å². The van der Waals surface area contributed by atoms with Gasteiger partial charge in [-0.05, 0) is 32.0 Å². The number of halogens is 1. The highest BCUT2D eigenvalue weighted by atomic mass is 35.5. The molecule has 1 fully saturated rings. The predicted molar refractivity (Wildman–Crippen MR) is 109 cm³/mol. The largest absolute Gasteiger partial charge is 0.373 e. The fourth-order valence-electron chi connectivity index (χ4n) is 3.99. The molecule has 150 valence electrons. The molecule has 2 aliphatic rings. The van der Waals surface area contributed by atoms with Gasteiger partial charge < -0.3 is 10.2 Å². The second kappa shape index (κ2) is 7.59. The summed E-state index contributed by atoms with van der Waals surface area (Å²) >= 11 is 6.19. The quantitative estimate of drug-likeness (QED) is 0.817. The Morgan fingerprint density at radius 3 is 2.75 bits per heavy atom. The molecule has 1 saturated heterocycles. The van der Waals surface area contributed by atoms with E-state index in [1.54, 1.807) is 24.3 Å². The van der Waals surface area contributed by atoms with Crippen molar-refractivity contribution < 1.29 is 8.42 Å². The first-order chi connectivity index (χ1) is 13.4. The Bertz CT molecular complexity index is 981. The van der Waals surface area contributed by atoms with Crippen molar-refractivity contribution in [3.8, 4) is 0 Å². The first-order valence-corrected chi connectivity index (χ1v) is 11.3. The number of likely N-dealkylation sites (N-methyl/N-ethyl adjacent to an activating group) is 1. The van der Waals surface area contributed by atoms with Crippen molar-refractivity contribution in [1.82, 2.24) is 19.2 Å². The minimum atomic E-state index is -3.72. The molecule has 0 bridgehead atoms. The lowest BCUT2D eigenvalue weighted by Gasteiger charge is -2.28. The lowest BCUT2D eigenvalue weighted by molar-refractivity contribution is 0.307. The first kappa shape index (κ1) is 19.6. The van der Waals surface area contributed by atoms with Gasteiger partial charge in [0.15, 0.2) is 0 Å². The zero-order valence-corrected chi connectivity index (χ0v) is 17.6. The topological polar surface area (TPSA) is 78.4 Å². The second-order valence-corrected chi connectivity index (χ2v) is 9.56. The van der Waals surface area contributed by atoms with E-state index in [1.165, 1.54) is 4.31 Å². The van der Waals surface area contributed by atoms with E-state index in [9.17, 15) is 8.42 Å². The molecular formula is C19H24ClN5O2S. The molecule has 0 radical (unpaired) electrons. The van der Waals surface area contributed by atoms with Gasteiger partial charge in [0.1, 0.15) is 16.5 Å². The molecule has 1 aromatic heterocycles.